The predicted octanol–water partition coefficient (Wildman–Crippen LogP) is -0.345. The molecule has 0 saturated heterocycles. The van der Waals surface area contributed by atoms with E-state index in [1.165, 1.54) is 21.3 Å². The van der Waals surface area contributed by atoms with Gasteiger partial charge in [-0.05, 0) is 6.42 Å². The van der Waals surface area contributed by atoms with Crippen LogP contribution in [0.4, 0.5) is 0 Å². The van der Waals surface area contributed by atoms with Crippen LogP contribution in [0, 0.1) is 0 Å². The fourth-order valence-corrected chi connectivity index (χ4v) is 1.01. The summed E-state index contributed by atoms with van der Waals surface area (Å²) in [6, 6.07) is 0. The summed E-state index contributed by atoms with van der Waals surface area (Å²) in [5.41, 5.74) is 0.171. The van der Waals surface area contributed by atoms with Gasteiger partial charge in [0.25, 0.3) is 0 Å². The standard InChI is InChI=1S/C7H18O4Si/c1-5-6(12)11-7(8-2,9-3)10-4/h6H,5H2,1-4,12H3. The van der Waals surface area contributed by atoms with Gasteiger partial charge in [0, 0.05) is 37.3 Å². The maximum Gasteiger partial charge on any atom is 0.411 e. The lowest BCUT2D eigenvalue weighted by Gasteiger charge is -2.30. The first kappa shape index (κ1) is 12.1. The minimum atomic E-state index is -1.32. The molecular formula is C7H18O4Si. The molecule has 12 heavy (non-hydrogen) atoms. The van der Waals surface area contributed by atoms with Crippen molar-refractivity contribution in [2.24, 2.45) is 0 Å². The topological polar surface area (TPSA) is 36.9 Å². The normalized spacial score (nSPS) is 15.0. The highest BCUT2D eigenvalue weighted by Crippen LogP contribution is 2.16. The molecule has 0 amide bonds. The average Bonchev–Trinajstić information content (AvgIpc) is 2.14. The van der Waals surface area contributed by atoms with Crippen LogP contribution in [-0.4, -0.2) is 43.5 Å². The molecule has 0 rings (SSSR count). The van der Waals surface area contributed by atoms with Gasteiger partial charge >= 0.3 is 6.16 Å². The molecule has 0 N–H and O–H groups in total. The zero-order chi connectivity index (χ0) is 9.61. The van der Waals surface area contributed by atoms with E-state index >= 15 is 0 Å². The van der Waals surface area contributed by atoms with Crippen LogP contribution in [0.2, 0.25) is 0 Å². The molecule has 4 nitrogen and oxygen atoms in total. The van der Waals surface area contributed by atoms with Crippen LogP contribution in [0.25, 0.3) is 0 Å². The third-order valence-electron chi connectivity index (χ3n) is 1.67. The van der Waals surface area contributed by atoms with E-state index in [2.05, 4.69) is 0 Å². The van der Waals surface area contributed by atoms with E-state index < -0.39 is 6.16 Å². The Bertz CT molecular complexity index is 108. The van der Waals surface area contributed by atoms with E-state index in [0.717, 1.165) is 16.7 Å². The zero-order valence-corrected chi connectivity index (χ0v) is 10.4. The first-order chi connectivity index (χ1) is 5.64. The van der Waals surface area contributed by atoms with Crippen LogP contribution in [0.1, 0.15) is 13.3 Å². The van der Waals surface area contributed by atoms with Crippen molar-refractivity contribution in [1.29, 1.82) is 0 Å². The molecule has 0 bridgehead atoms. The van der Waals surface area contributed by atoms with Gasteiger partial charge in [-0.25, -0.2) is 0 Å². The molecule has 0 heterocycles. The predicted molar refractivity (Wildman–Crippen MR) is 48.9 cm³/mol. The highest BCUT2D eigenvalue weighted by molar-refractivity contribution is 6.10. The Morgan fingerprint density at radius 1 is 1.17 bits per heavy atom. The van der Waals surface area contributed by atoms with Gasteiger partial charge in [-0.3, -0.25) is 0 Å². The molecule has 1 atom stereocenters. The number of hydrogen-bond donors (Lipinski definition) is 0. The molecule has 0 radical (unpaired) electrons. The first-order valence-corrected chi connectivity index (χ1v) is 5.12. The molecule has 74 valence electrons. The Kier molecular flexibility index (Phi) is 5.69. The van der Waals surface area contributed by atoms with Crippen LogP contribution < -0.4 is 0 Å². The summed E-state index contributed by atoms with van der Waals surface area (Å²) in [5, 5.41) is 0. The third kappa shape index (κ3) is 3.20. The van der Waals surface area contributed by atoms with Crippen LogP contribution in [0.3, 0.4) is 0 Å². The fourth-order valence-electron chi connectivity index (χ4n) is 0.724. The highest BCUT2D eigenvalue weighted by Gasteiger charge is 2.32. The van der Waals surface area contributed by atoms with E-state index in [9.17, 15) is 0 Å². The number of methoxy groups -OCH3 is 3. The van der Waals surface area contributed by atoms with Crippen LogP contribution in [0.15, 0.2) is 0 Å². The van der Waals surface area contributed by atoms with Crippen LogP contribution in [0.5, 0.6) is 0 Å². The van der Waals surface area contributed by atoms with Gasteiger partial charge < -0.3 is 18.9 Å². The SMILES string of the molecule is CCC([SiH3])OC(OC)(OC)OC. The van der Waals surface area contributed by atoms with Gasteiger partial charge in [0.2, 0.25) is 0 Å². The molecule has 5 heteroatoms. The monoisotopic (exact) mass is 194 g/mol. The summed E-state index contributed by atoms with van der Waals surface area (Å²) in [6.45, 7) is 2.05. The zero-order valence-electron chi connectivity index (χ0n) is 8.42. The number of rotatable bonds is 6. The van der Waals surface area contributed by atoms with Crippen molar-refractivity contribution in [1.82, 2.24) is 0 Å². The maximum absolute atomic E-state index is 5.43. The summed E-state index contributed by atoms with van der Waals surface area (Å²) in [4.78, 5) is 0. The van der Waals surface area contributed by atoms with Gasteiger partial charge in [0.1, 0.15) is 0 Å². The van der Waals surface area contributed by atoms with Crippen molar-refractivity contribution in [2.45, 2.75) is 25.2 Å². The van der Waals surface area contributed by atoms with Crippen LogP contribution in [-0.2, 0) is 18.9 Å². The van der Waals surface area contributed by atoms with E-state index in [-0.39, 0.29) is 5.73 Å². The Morgan fingerprint density at radius 2 is 1.58 bits per heavy atom. The lowest BCUT2D eigenvalue weighted by molar-refractivity contribution is -0.483. The van der Waals surface area contributed by atoms with Crippen molar-refractivity contribution >= 4 is 10.2 Å². The number of hydrogen-bond acceptors (Lipinski definition) is 4. The van der Waals surface area contributed by atoms with Gasteiger partial charge in [0.15, 0.2) is 0 Å². The number of ether oxygens (including phenoxy) is 4. The Labute approximate surface area is 76.6 Å². The van der Waals surface area contributed by atoms with Gasteiger partial charge in [-0.15, -0.1) is 0 Å². The molecular weight excluding hydrogens is 176 g/mol. The molecule has 0 saturated carbocycles. The van der Waals surface area contributed by atoms with E-state index in [0.29, 0.717) is 0 Å². The average molecular weight is 194 g/mol. The molecule has 0 aliphatic heterocycles. The minimum absolute atomic E-state index is 0.171. The maximum atomic E-state index is 5.43. The van der Waals surface area contributed by atoms with Crippen molar-refractivity contribution in [2.75, 3.05) is 21.3 Å². The van der Waals surface area contributed by atoms with Crippen LogP contribution >= 0.6 is 0 Å². The van der Waals surface area contributed by atoms with Gasteiger partial charge in [0.05, 0.1) is 0 Å². The molecule has 0 aliphatic carbocycles. The fraction of sp³-hybridized carbons (Fsp3) is 1.00. The van der Waals surface area contributed by atoms with Gasteiger partial charge in [-0.1, -0.05) is 6.92 Å². The summed E-state index contributed by atoms with van der Waals surface area (Å²) < 4.78 is 20.3. The summed E-state index contributed by atoms with van der Waals surface area (Å²) in [7, 11) is 5.37. The second-order valence-electron chi connectivity index (χ2n) is 2.45. The second-order valence-corrected chi connectivity index (χ2v) is 3.74. The lowest BCUT2D eigenvalue weighted by atomic mass is 10.5. The van der Waals surface area contributed by atoms with E-state index in [1.807, 2.05) is 6.92 Å². The summed E-state index contributed by atoms with van der Waals surface area (Å²) in [5.74, 6) is 0. The molecule has 1 unspecified atom stereocenters. The van der Waals surface area contributed by atoms with E-state index in [1.54, 1.807) is 0 Å². The Morgan fingerprint density at radius 3 is 1.83 bits per heavy atom. The minimum Gasteiger partial charge on any atom is -0.307 e. The summed E-state index contributed by atoms with van der Waals surface area (Å²) >= 11 is 0. The smallest absolute Gasteiger partial charge is 0.307 e. The first-order valence-electron chi connectivity index (χ1n) is 3.97. The van der Waals surface area contributed by atoms with Crippen molar-refractivity contribution in [3.63, 3.8) is 0 Å². The highest BCUT2D eigenvalue weighted by atomic mass is 28.1. The molecule has 0 aromatic rings. The lowest BCUT2D eigenvalue weighted by Crippen LogP contribution is -2.42. The molecule has 0 fully saturated rings. The quantitative estimate of drug-likeness (QED) is 0.428. The Hall–Kier alpha value is 0.0569. The van der Waals surface area contributed by atoms with Crippen molar-refractivity contribution in [3.05, 3.63) is 0 Å². The van der Waals surface area contributed by atoms with Crippen molar-refractivity contribution < 1.29 is 18.9 Å². The molecule has 0 aliphatic rings. The molecule has 0 aromatic carbocycles. The summed E-state index contributed by atoms with van der Waals surface area (Å²) in [6.07, 6.45) is -0.382. The Balaban J connectivity index is 4.09. The second kappa shape index (κ2) is 5.66. The largest absolute Gasteiger partial charge is 0.411 e. The molecule has 0 aromatic heterocycles. The third-order valence-corrected chi connectivity index (χ3v) is 2.72. The van der Waals surface area contributed by atoms with E-state index in [4.69, 9.17) is 18.9 Å². The van der Waals surface area contributed by atoms with Gasteiger partial charge in [-0.2, -0.15) is 0 Å². The molecule has 0 spiro atoms. The van der Waals surface area contributed by atoms with Crippen molar-refractivity contribution in [3.8, 4) is 0 Å².